The minimum Gasteiger partial charge on any atom is -0.497 e. The van der Waals surface area contributed by atoms with Crippen LogP contribution in [0.25, 0.3) is 10.9 Å². The summed E-state index contributed by atoms with van der Waals surface area (Å²) in [5, 5.41) is 5.58. The third kappa shape index (κ3) is 9.67. The second-order valence-corrected chi connectivity index (χ2v) is 16.9. The van der Waals surface area contributed by atoms with Crippen molar-refractivity contribution in [3.63, 3.8) is 0 Å². The van der Waals surface area contributed by atoms with E-state index in [1.54, 1.807) is 52.3 Å². The number of amides is 4. The predicted octanol–water partition coefficient (Wildman–Crippen LogP) is 4.29. The number of fused-ring (bicyclic) bond motifs is 1. The van der Waals surface area contributed by atoms with Gasteiger partial charge in [-0.1, -0.05) is 25.0 Å². The van der Waals surface area contributed by atoms with Crippen LogP contribution in [0.3, 0.4) is 0 Å². The molecule has 288 valence electrons. The van der Waals surface area contributed by atoms with Crippen molar-refractivity contribution < 1.29 is 41.8 Å². The monoisotopic (exact) mass is 753 g/mol. The Hall–Kier alpha value is -4.66. The van der Waals surface area contributed by atoms with E-state index < -0.39 is 74.3 Å². The average molecular weight is 754 g/mol. The smallest absolute Gasteiger partial charge is 0.408 e. The minimum absolute atomic E-state index is 0.0139. The van der Waals surface area contributed by atoms with Gasteiger partial charge < -0.3 is 29.7 Å². The van der Waals surface area contributed by atoms with Crippen LogP contribution in [0.4, 0.5) is 4.79 Å². The van der Waals surface area contributed by atoms with Crippen LogP contribution in [-0.2, 0) is 29.1 Å². The van der Waals surface area contributed by atoms with Gasteiger partial charge in [0.05, 0.1) is 24.4 Å². The second kappa shape index (κ2) is 16.1. The van der Waals surface area contributed by atoms with E-state index in [1.165, 1.54) is 11.0 Å². The molecule has 0 spiro atoms. The Morgan fingerprint density at radius 3 is 2.51 bits per heavy atom. The number of hydrogen-bond donors (Lipinski definition) is 3. The lowest BCUT2D eigenvalue weighted by atomic mass is 10.0. The number of methoxy groups -OCH3 is 1. The third-order valence-electron chi connectivity index (χ3n) is 9.69. The van der Waals surface area contributed by atoms with Crippen LogP contribution in [0.2, 0.25) is 0 Å². The summed E-state index contributed by atoms with van der Waals surface area (Å²) in [5.41, 5.74) is -1.74. The van der Waals surface area contributed by atoms with E-state index >= 15 is 0 Å². The largest absolute Gasteiger partial charge is 0.497 e. The van der Waals surface area contributed by atoms with E-state index in [-0.39, 0.29) is 25.8 Å². The predicted molar refractivity (Wildman–Crippen MR) is 199 cm³/mol. The Labute approximate surface area is 311 Å². The molecule has 3 N–H and O–H groups in total. The summed E-state index contributed by atoms with van der Waals surface area (Å²) in [4.78, 5) is 61.0. The lowest BCUT2D eigenvalue weighted by Crippen LogP contribution is -2.58. The SMILES string of the molecule is C=CCCCCCC(NC(=O)OC(C)(C)C)C(=O)N1C[C@H](Oc2ccnc3cc(OC)ccc23)CC1C(=O)N[C@]1(C(=O)NS(=O)(=O)C2CC2)CC1C=C. The second-order valence-electron chi connectivity index (χ2n) is 15.0. The third-order valence-corrected chi connectivity index (χ3v) is 11.5. The topological polar surface area (TPSA) is 182 Å². The van der Waals surface area contributed by atoms with Crippen molar-refractivity contribution in [2.75, 3.05) is 13.7 Å². The molecule has 1 saturated heterocycles. The van der Waals surface area contributed by atoms with Crippen molar-refractivity contribution >= 4 is 44.7 Å². The van der Waals surface area contributed by atoms with Gasteiger partial charge >= 0.3 is 6.09 Å². The molecule has 1 aliphatic heterocycles. The molecule has 5 atom stereocenters. The molecule has 15 heteroatoms. The molecule has 1 aromatic heterocycles. The van der Waals surface area contributed by atoms with E-state index in [4.69, 9.17) is 14.2 Å². The molecule has 2 saturated carbocycles. The van der Waals surface area contributed by atoms with Gasteiger partial charge in [-0.3, -0.25) is 24.1 Å². The first-order valence-corrected chi connectivity index (χ1v) is 19.7. The van der Waals surface area contributed by atoms with Crippen LogP contribution in [0.1, 0.15) is 78.6 Å². The number of ether oxygens (including phenoxy) is 3. The van der Waals surface area contributed by atoms with Gasteiger partial charge in [0, 0.05) is 30.0 Å². The Morgan fingerprint density at radius 2 is 1.87 bits per heavy atom. The maximum Gasteiger partial charge on any atom is 0.408 e. The van der Waals surface area contributed by atoms with Crippen molar-refractivity contribution in [3.8, 4) is 11.5 Å². The summed E-state index contributed by atoms with van der Waals surface area (Å²) in [7, 11) is -2.34. The van der Waals surface area contributed by atoms with Crippen molar-refractivity contribution in [2.45, 2.75) is 113 Å². The standard InChI is InChI=1S/C38H51N5O9S/c1-7-9-10-11-12-13-29(40-36(47)52-37(3,4)5)34(45)43-23-26(51-32-18-19-39-30-20-25(50-6)14-17-28(30)32)21-31(43)33(44)41-38(22-24(38)8-2)35(46)42-53(48,49)27-15-16-27/h7-8,14,17-20,24,26-27,29,31H,1-2,9-13,15-16,21-23H2,3-6H3,(H,40,47)(H,41,44)(H,42,46)/t24?,26-,29?,31?,38-/m1/s1. The molecule has 2 aliphatic carbocycles. The zero-order valence-corrected chi connectivity index (χ0v) is 31.7. The van der Waals surface area contributed by atoms with Crippen LogP contribution in [0.5, 0.6) is 11.5 Å². The maximum atomic E-state index is 14.5. The van der Waals surface area contributed by atoms with Gasteiger partial charge in [0.2, 0.25) is 21.8 Å². The van der Waals surface area contributed by atoms with E-state index in [1.807, 2.05) is 12.1 Å². The molecule has 3 fully saturated rings. The molecule has 14 nitrogen and oxygen atoms in total. The van der Waals surface area contributed by atoms with Gasteiger partial charge in [0.25, 0.3) is 5.91 Å². The van der Waals surface area contributed by atoms with E-state index in [0.29, 0.717) is 41.7 Å². The van der Waals surface area contributed by atoms with Gasteiger partial charge in [-0.25, -0.2) is 13.2 Å². The summed E-state index contributed by atoms with van der Waals surface area (Å²) >= 11 is 0. The fourth-order valence-electron chi connectivity index (χ4n) is 6.63. The number of sulfonamides is 1. The first-order valence-electron chi connectivity index (χ1n) is 18.1. The molecule has 1 aromatic carbocycles. The quantitative estimate of drug-likeness (QED) is 0.156. The fourth-order valence-corrected chi connectivity index (χ4v) is 7.99. The summed E-state index contributed by atoms with van der Waals surface area (Å²) in [5.74, 6) is -1.42. The summed E-state index contributed by atoms with van der Waals surface area (Å²) in [6, 6.07) is 4.90. The number of allylic oxidation sites excluding steroid dienone is 1. The molecule has 2 heterocycles. The van der Waals surface area contributed by atoms with E-state index in [2.05, 4.69) is 33.5 Å². The molecular weight excluding hydrogens is 703 g/mol. The highest BCUT2D eigenvalue weighted by Gasteiger charge is 2.62. The van der Waals surface area contributed by atoms with Crippen molar-refractivity contribution in [1.82, 2.24) is 25.2 Å². The van der Waals surface area contributed by atoms with Gasteiger partial charge in [0.1, 0.15) is 40.8 Å². The zero-order valence-electron chi connectivity index (χ0n) is 30.9. The number of hydrogen-bond acceptors (Lipinski definition) is 10. The Morgan fingerprint density at radius 1 is 1.11 bits per heavy atom. The van der Waals surface area contributed by atoms with Crippen molar-refractivity contribution in [2.24, 2.45) is 5.92 Å². The number of nitrogens with one attached hydrogen (secondary N) is 3. The molecule has 3 aliphatic rings. The van der Waals surface area contributed by atoms with E-state index in [9.17, 15) is 27.6 Å². The number of unbranched alkanes of at least 4 members (excludes halogenated alkanes) is 3. The molecular formula is C38H51N5O9S. The average Bonchev–Trinajstić information content (AvgIpc) is 4.03. The van der Waals surface area contributed by atoms with Crippen molar-refractivity contribution in [1.29, 1.82) is 0 Å². The highest BCUT2D eigenvalue weighted by atomic mass is 32.2. The summed E-state index contributed by atoms with van der Waals surface area (Å²) < 4.78 is 44.8. The number of aromatic nitrogens is 1. The van der Waals surface area contributed by atoms with Gasteiger partial charge in [-0.2, -0.15) is 0 Å². The van der Waals surface area contributed by atoms with E-state index in [0.717, 1.165) is 19.3 Å². The number of alkyl carbamates (subject to hydrolysis) is 1. The zero-order chi connectivity index (χ0) is 38.6. The van der Waals surface area contributed by atoms with Crippen LogP contribution in [-0.4, -0.2) is 90.3 Å². The number of benzene rings is 1. The number of carbonyl (C=O) groups is 4. The Bertz CT molecular complexity index is 1840. The van der Waals surface area contributed by atoms with Crippen LogP contribution >= 0.6 is 0 Å². The fraction of sp³-hybridized carbons (Fsp3) is 0.553. The van der Waals surface area contributed by atoms with Crippen LogP contribution in [0, 0.1) is 5.92 Å². The first-order chi connectivity index (χ1) is 25.1. The highest BCUT2D eigenvalue weighted by molar-refractivity contribution is 7.91. The number of nitrogens with zero attached hydrogens (tertiary/aromatic N) is 2. The normalized spacial score (nSPS) is 23.0. The lowest BCUT2D eigenvalue weighted by molar-refractivity contribution is -0.141. The highest BCUT2D eigenvalue weighted by Crippen LogP contribution is 2.45. The van der Waals surface area contributed by atoms with Gasteiger partial charge in [0.15, 0.2) is 0 Å². The first kappa shape index (κ1) is 39.5. The Balaban J connectivity index is 1.42. The summed E-state index contributed by atoms with van der Waals surface area (Å²) in [6.07, 6.45) is 7.93. The summed E-state index contributed by atoms with van der Waals surface area (Å²) in [6.45, 7) is 12.7. The molecule has 0 radical (unpaired) electrons. The number of likely N-dealkylation sites (tertiary alicyclic amines) is 1. The van der Waals surface area contributed by atoms with Gasteiger partial charge in [-0.05, 0) is 77.5 Å². The molecule has 3 unspecified atom stereocenters. The number of carbonyl (C=O) groups excluding carboxylic acids is 4. The maximum absolute atomic E-state index is 14.5. The van der Waals surface area contributed by atoms with Crippen LogP contribution < -0.4 is 24.8 Å². The van der Waals surface area contributed by atoms with Gasteiger partial charge in [-0.15, -0.1) is 13.2 Å². The van der Waals surface area contributed by atoms with Crippen LogP contribution in [0.15, 0.2) is 55.8 Å². The van der Waals surface area contributed by atoms with Crippen molar-refractivity contribution in [3.05, 3.63) is 55.8 Å². The molecule has 2 aromatic rings. The molecule has 0 bridgehead atoms. The minimum atomic E-state index is -3.90. The molecule has 5 rings (SSSR count). The molecule has 53 heavy (non-hydrogen) atoms. The molecule has 4 amide bonds. The Kier molecular flexibility index (Phi) is 12.0. The number of rotatable bonds is 17. The lowest BCUT2D eigenvalue weighted by Gasteiger charge is -2.30. The number of pyridine rings is 1.